The third kappa shape index (κ3) is 6.67. The minimum atomic E-state index is -3.78. The lowest BCUT2D eigenvalue weighted by Crippen LogP contribution is -2.48. The number of pyridine rings is 1. The molecule has 2 amide bonds. The van der Waals surface area contributed by atoms with E-state index >= 15 is 0 Å². The molecule has 2 aromatic carbocycles. The van der Waals surface area contributed by atoms with Crippen LogP contribution in [0, 0.1) is 5.92 Å². The Bertz CT molecular complexity index is 1440. The molecule has 2 heterocycles. The van der Waals surface area contributed by atoms with Gasteiger partial charge in [-0.1, -0.05) is 25.1 Å². The number of amides is 2. The number of benzene rings is 2. The van der Waals surface area contributed by atoms with Gasteiger partial charge in [-0.2, -0.15) is 4.31 Å². The van der Waals surface area contributed by atoms with Crippen LogP contribution < -0.4 is 10.1 Å². The molecular weight excluding hydrogens is 532 g/mol. The number of carbonyl (C=O) groups excluding carboxylic acids is 2. The van der Waals surface area contributed by atoms with Crippen LogP contribution >= 0.6 is 0 Å². The highest BCUT2D eigenvalue weighted by Gasteiger charge is 2.33. The van der Waals surface area contributed by atoms with Gasteiger partial charge < -0.3 is 20.1 Å². The number of ether oxygens (including phenoxy) is 1. The van der Waals surface area contributed by atoms with Crippen molar-refractivity contribution in [2.24, 2.45) is 5.92 Å². The molecule has 0 aliphatic carbocycles. The van der Waals surface area contributed by atoms with E-state index in [0.717, 1.165) is 0 Å². The molecule has 2 N–H and O–H groups in total. The summed E-state index contributed by atoms with van der Waals surface area (Å²) in [6.07, 6.45) is 2.42. The minimum absolute atomic E-state index is 0.0176. The van der Waals surface area contributed by atoms with Gasteiger partial charge in [0.05, 0.1) is 30.5 Å². The van der Waals surface area contributed by atoms with Crippen molar-refractivity contribution in [2.45, 2.75) is 37.3 Å². The number of hydrogen-bond acceptors (Lipinski definition) is 7. The largest absolute Gasteiger partial charge is 0.488 e. The maximum absolute atomic E-state index is 13.4. The Balaban J connectivity index is 1.65. The van der Waals surface area contributed by atoms with Crippen molar-refractivity contribution in [1.82, 2.24) is 14.2 Å². The van der Waals surface area contributed by atoms with Gasteiger partial charge in [0.15, 0.2) is 0 Å². The Labute approximate surface area is 234 Å². The molecule has 0 fully saturated rings. The first kappa shape index (κ1) is 29.2. The highest BCUT2D eigenvalue weighted by Crippen LogP contribution is 2.30. The summed E-state index contributed by atoms with van der Waals surface area (Å²) in [6.45, 7) is 3.74. The zero-order chi connectivity index (χ0) is 28.9. The molecule has 0 radical (unpaired) electrons. The molecule has 3 aromatic rings. The van der Waals surface area contributed by atoms with E-state index in [1.165, 1.54) is 23.7 Å². The zero-order valence-electron chi connectivity index (χ0n) is 22.7. The summed E-state index contributed by atoms with van der Waals surface area (Å²) in [4.78, 5) is 31.8. The molecule has 40 heavy (non-hydrogen) atoms. The molecule has 1 aliphatic heterocycles. The molecular formula is C29H34N4O6S. The number of anilines is 1. The van der Waals surface area contributed by atoms with E-state index in [1.54, 1.807) is 72.5 Å². The van der Waals surface area contributed by atoms with Crippen LogP contribution in [0.15, 0.2) is 78.0 Å². The fraction of sp³-hybridized carbons (Fsp3) is 0.345. The Hall–Kier alpha value is -3.80. The van der Waals surface area contributed by atoms with E-state index in [-0.39, 0.29) is 48.7 Å². The monoisotopic (exact) mass is 566 g/mol. The first-order chi connectivity index (χ1) is 19.1. The number of aliphatic hydroxyl groups is 1. The Kier molecular flexibility index (Phi) is 9.18. The molecule has 0 bridgehead atoms. The first-order valence-corrected chi connectivity index (χ1v) is 14.5. The van der Waals surface area contributed by atoms with Gasteiger partial charge in [0.25, 0.3) is 5.91 Å². The number of aromatic nitrogens is 1. The van der Waals surface area contributed by atoms with Crippen LogP contribution in [0.5, 0.6) is 5.75 Å². The maximum Gasteiger partial charge on any atom is 0.255 e. The van der Waals surface area contributed by atoms with E-state index in [0.29, 0.717) is 22.6 Å². The van der Waals surface area contributed by atoms with Crippen molar-refractivity contribution in [2.75, 3.05) is 32.1 Å². The number of nitrogens with zero attached hydrogens (tertiary/aromatic N) is 3. The highest BCUT2D eigenvalue weighted by molar-refractivity contribution is 7.89. The van der Waals surface area contributed by atoms with Crippen LogP contribution in [0.25, 0.3) is 0 Å². The molecule has 11 heteroatoms. The molecule has 4 rings (SSSR count). The lowest BCUT2D eigenvalue weighted by atomic mass is 10.0. The number of rotatable bonds is 8. The first-order valence-electron chi connectivity index (χ1n) is 13.0. The summed E-state index contributed by atoms with van der Waals surface area (Å²) in [6, 6.07) is 16.0. The van der Waals surface area contributed by atoms with Crippen molar-refractivity contribution in [3.05, 3.63) is 84.2 Å². The summed E-state index contributed by atoms with van der Waals surface area (Å²) >= 11 is 0. The molecule has 0 saturated carbocycles. The number of carbonyl (C=O) groups is 2. The second-order valence-corrected chi connectivity index (χ2v) is 12.0. The summed E-state index contributed by atoms with van der Waals surface area (Å²) in [5.41, 5.74) is 1.46. The quantitative estimate of drug-likeness (QED) is 0.429. The third-order valence-electron chi connectivity index (χ3n) is 7.01. The van der Waals surface area contributed by atoms with Gasteiger partial charge in [0.2, 0.25) is 15.9 Å². The van der Waals surface area contributed by atoms with Gasteiger partial charge in [0, 0.05) is 48.7 Å². The molecule has 10 nitrogen and oxygen atoms in total. The standard InChI is InChI=1S/C29H34N4O6S/c1-20-17-33(21(2)19-34)28(35)16-23-15-24(31-29(36)22-11-13-30-14-12-22)9-10-26(23)39-27(20)18-32(3)40(37,38)25-7-5-4-6-8-25/h4-15,20-21,27,34H,16-19H2,1-3H3,(H,31,36)/t20-,21-,27-/m0/s1. The number of likely N-dealkylation sites (N-methyl/N-ethyl adjacent to an activating group) is 1. The number of sulfonamides is 1. The predicted octanol–water partition coefficient (Wildman–Crippen LogP) is 2.80. The Morgan fingerprint density at radius 1 is 1.18 bits per heavy atom. The second kappa shape index (κ2) is 12.6. The third-order valence-corrected chi connectivity index (χ3v) is 8.84. The van der Waals surface area contributed by atoms with Crippen LogP contribution in [0.3, 0.4) is 0 Å². The maximum atomic E-state index is 13.4. The highest BCUT2D eigenvalue weighted by atomic mass is 32.2. The molecule has 1 aromatic heterocycles. The topological polar surface area (TPSA) is 129 Å². The smallest absolute Gasteiger partial charge is 0.255 e. The molecule has 0 unspecified atom stereocenters. The number of hydrogen-bond donors (Lipinski definition) is 2. The number of fused-ring (bicyclic) bond motifs is 1. The van der Waals surface area contributed by atoms with Crippen LogP contribution in [-0.2, 0) is 21.2 Å². The lowest BCUT2D eigenvalue weighted by Gasteiger charge is -2.33. The van der Waals surface area contributed by atoms with Crippen molar-refractivity contribution >= 4 is 27.5 Å². The van der Waals surface area contributed by atoms with Crippen LogP contribution in [-0.4, -0.2) is 78.4 Å². The van der Waals surface area contributed by atoms with Gasteiger partial charge in [-0.25, -0.2) is 8.42 Å². The zero-order valence-corrected chi connectivity index (χ0v) is 23.5. The second-order valence-electron chi connectivity index (χ2n) is 10.00. The summed E-state index contributed by atoms with van der Waals surface area (Å²) in [5, 5.41) is 12.7. The number of aliphatic hydroxyl groups excluding tert-OH is 1. The summed E-state index contributed by atoms with van der Waals surface area (Å²) in [7, 11) is -2.28. The van der Waals surface area contributed by atoms with Crippen molar-refractivity contribution < 1.29 is 27.9 Å². The molecule has 0 spiro atoms. The fourth-order valence-electron chi connectivity index (χ4n) is 4.56. The molecule has 212 valence electrons. The van der Waals surface area contributed by atoms with Crippen molar-refractivity contribution in [3.63, 3.8) is 0 Å². The predicted molar refractivity (Wildman–Crippen MR) is 150 cm³/mol. The van der Waals surface area contributed by atoms with Crippen LogP contribution in [0.4, 0.5) is 5.69 Å². The van der Waals surface area contributed by atoms with Gasteiger partial charge in [-0.05, 0) is 49.4 Å². The fourth-order valence-corrected chi connectivity index (χ4v) is 5.76. The minimum Gasteiger partial charge on any atom is -0.488 e. The van der Waals surface area contributed by atoms with Crippen molar-refractivity contribution in [1.29, 1.82) is 0 Å². The van der Waals surface area contributed by atoms with Gasteiger partial charge in [0.1, 0.15) is 11.9 Å². The summed E-state index contributed by atoms with van der Waals surface area (Å²) < 4.78 is 34.2. The van der Waals surface area contributed by atoms with Gasteiger partial charge >= 0.3 is 0 Å². The van der Waals surface area contributed by atoms with E-state index in [2.05, 4.69) is 10.3 Å². The van der Waals surface area contributed by atoms with Crippen molar-refractivity contribution in [3.8, 4) is 5.75 Å². The Morgan fingerprint density at radius 3 is 2.55 bits per heavy atom. The normalized spacial score (nSPS) is 18.6. The van der Waals surface area contributed by atoms with Crippen LogP contribution in [0.1, 0.15) is 29.8 Å². The molecule has 0 saturated heterocycles. The van der Waals surface area contributed by atoms with E-state index in [9.17, 15) is 23.1 Å². The SMILES string of the molecule is C[C@H]1CN([C@@H](C)CO)C(=O)Cc2cc(NC(=O)c3ccncc3)ccc2O[C@H]1CN(C)S(=O)(=O)c1ccccc1. The Morgan fingerprint density at radius 2 is 1.88 bits per heavy atom. The number of nitrogens with one attached hydrogen (secondary N) is 1. The lowest BCUT2D eigenvalue weighted by molar-refractivity contribution is -0.134. The van der Waals surface area contributed by atoms with E-state index < -0.39 is 22.2 Å². The van der Waals surface area contributed by atoms with Gasteiger partial charge in [-0.3, -0.25) is 14.6 Å². The molecule has 3 atom stereocenters. The average Bonchev–Trinajstić information content (AvgIpc) is 3.01. The molecule has 1 aliphatic rings. The van der Waals surface area contributed by atoms with Gasteiger partial charge in [-0.15, -0.1) is 0 Å². The van der Waals surface area contributed by atoms with E-state index in [4.69, 9.17) is 4.74 Å². The summed E-state index contributed by atoms with van der Waals surface area (Å²) in [5.74, 6) is -0.381. The average molecular weight is 567 g/mol. The van der Waals surface area contributed by atoms with Crippen LogP contribution in [0.2, 0.25) is 0 Å². The van der Waals surface area contributed by atoms with E-state index in [1.807, 2.05) is 6.92 Å².